The van der Waals surface area contributed by atoms with E-state index >= 15 is 0 Å². The Morgan fingerprint density at radius 3 is 3.00 bits per heavy atom. The van der Waals surface area contributed by atoms with E-state index in [-0.39, 0.29) is 12.2 Å². The van der Waals surface area contributed by atoms with Gasteiger partial charge in [-0.25, -0.2) is 4.68 Å². The van der Waals surface area contributed by atoms with Crippen LogP contribution in [0.1, 0.15) is 30.3 Å². The minimum Gasteiger partial charge on any atom is -0.350 e. The standard InChI is InChI=1S/C10H15N3O3/c1-2-3-13-8(7-11-12-13)9(14)6-10-15-4-5-16-10/h7,10H,2-6H2,1H3. The summed E-state index contributed by atoms with van der Waals surface area (Å²) in [6, 6.07) is 0. The first-order valence-electron chi connectivity index (χ1n) is 5.46. The molecule has 1 aromatic heterocycles. The van der Waals surface area contributed by atoms with Gasteiger partial charge < -0.3 is 9.47 Å². The summed E-state index contributed by atoms with van der Waals surface area (Å²) in [5, 5.41) is 7.61. The number of hydrogen-bond donors (Lipinski definition) is 0. The van der Waals surface area contributed by atoms with Crippen molar-refractivity contribution in [1.29, 1.82) is 0 Å². The molecule has 0 unspecified atom stereocenters. The van der Waals surface area contributed by atoms with Gasteiger partial charge in [0.1, 0.15) is 5.69 Å². The molecule has 88 valence electrons. The summed E-state index contributed by atoms with van der Waals surface area (Å²) >= 11 is 0. The molecule has 1 aliphatic rings. The Kier molecular flexibility index (Phi) is 3.63. The van der Waals surface area contributed by atoms with E-state index in [2.05, 4.69) is 10.3 Å². The maximum atomic E-state index is 11.9. The number of aromatic nitrogens is 3. The minimum absolute atomic E-state index is 0.0367. The van der Waals surface area contributed by atoms with E-state index in [4.69, 9.17) is 9.47 Å². The molecular formula is C10H15N3O3. The summed E-state index contributed by atoms with van der Waals surface area (Å²) in [6.07, 6.45) is 2.24. The van der Waals surface area contributed by atoms with Gasteiger partial charge in [0.15, 0.2) is 12.1 Å². The average Bonchev–Trinajstić information content (AvgIpc) is 2.89. The molecule has 16 heavy (non-hydrogen) atoms. The third kappa shape index (κ3) is 2.45. The van der Waals surface area contributed by atoms with E-state index in [0.29, 0.717) is 25.5 Å². The molecule has 0 saturated carbocycles. The Hall–Kier alpha value is -1.27. The fourth-order valence-corrected chi connectivity index (χ4v) is 1.63. The molecule has 0 spiro atoms. The lowest BCUT2D eigenvalue weighted by atomic mass is 10.2. The van der Waals surface area contributed by atoms with Gasteiger partial charge in [0.2, 0.25) is 0 Å². The zero-order valence-corrected chi connectivity index (χ0v) is 9.26. The quantitative estimate of drug-likeness (QED) is 0.688. The number of carbonyl (C=O) groups excluding carboxylic acids is 1. The topological polar surface area (TPSA) is 66.2 Å². The van der Waals surface area contributed by atoms with Gasteiger partial charge in [-0.05, 0) is 6.42 Å². The summed E-state index contributed by atoms with van der Waals surface area (Å²) in [7, 11) is 0. The van der Waals surface area contributed by atoms with E-state index in [0.717, 1.165) is 6.42 Å². The molecule has 0 aliphatic carbocycles. The number of ketones is 1. The molecular weight excluding hydrogens is 210 g/mol. The van der Waals surface area contributed by atoms with Crippen LogP contribution >= 0.6 is 0 Å². The summed E-state index contributed by atoms with van der Waals surface area (Å²) in [4.78, 5) is 11.9. The highest BCUT2D eigenvalue weighted by Gasteiger charge is 2.22. The van der Waals surface area contributed by atoms with Crippen LogP contribution in [0.3, 0.4) is 0 Å². The molecule has 0 radical (unpaired) electrons. The highest BCUT2D eigenvalue weighted by atomic mass is 16.7. The van der Waals surface area contributed by atoms with Gasteiger partial charge >= 0.3 is 0 Å². The lowest BCUT2D eigenvalue weighted by Crippen LogP contribution is -2.18. The van der Waals surface area contributed by atoms with Crippen LogP contribution < -0.4 is 0 Å². The predicted molar refractivity (Wildman–Crippen MR) is 55.0 cm³/mol. The van der Waals surface area contributed by atoms with Crippen LogP contribution in [0.4, 0.5) is 0 Å². The van der Waals surface area contributed by atoms with Gasteiger partial charge in [-0.2, -0.15) is 0 Å². The van der Waals surface area contributed by atoms with Crippen LogP contribution in [0.25, 0.3) is 0 Å². The molecule has 0 aromatic carbocycles. The molecule has 0 amide bonds. The predicted octanol–water partition coefficient (Wildman–Crippen LogP) is 0.634. The maximum Gasteiger partial charge on any atom is 0.187 e. The molecule has 6 heteroatoms. The number of hydrogen-bond acceptors (Lipinski definition) is 5. The van der Waals surface area contributed by atoms with Crippen molar-refractivity contribution in [1.82, 2.24) is 15.0 Å². The third-order valence-corrected chi connectivity index (χ3v) is 2.38. The van der Waals surface area contributed by atoms with E-state index in [9.17, 15) is 4.79 Å². The fourth-order valence-electron chi connectivity index (χ4n) is 1.63. The van der Waals surface area contributed by atoms with Crippen molar-refractivity contribution in [2.75, 3.05) is 13.2 Å². The van der Waals surface area contributed by atoms with Gasteiger partial charge in [0.05, 0.1) is 25.8 Å². The van der Waals surface area contributed by atoms with Gasteiger partial charge in [-0.1, -0.05) is 12.1 Å². The van der Waals surface area contributed by atoms with E-state index < -0.39 is 6.29 Å². The summed E-state index contributed by atoms with van der Waals surface area (Å²) in [6.45, 7) is 3.85. The van der Waals surface area contributed by atoms with E-state index in [1.807, 2.05) is 6.92 Å². The molecule has 1 saturated heterocycles. The van der Waals surface area contributed by atoms with Crippen LogP contribution in [0, 0.1) is 0 Å². The Morgan fingerprint density at radius 1 is 1.56 bits per heavy atom. The lowest BCUT2D eigenvalue weighted by molar-refractivity contribution is -0.0409. The first-order chi connectivity index (χ1) is 7.81. The van der Waals surface area contributed by atoms with Gasteiger partial charge in [0, 0.05) is 6.54 Å². The van der Waals surface area contributed by atoms with Crippen molar-refractivity contribution in [2.45, 2.75) is 32.6 Å². The van der Waals surface area contributed by atoms with Gasteiger partial charge in [0.25, 0.3) is 0 Å². The van der Waals surface area contributed by atoms with Crippen LogP contribution in [-0.2, 0) is 16.0 Å². The second kappa shape index (κ2) is 5.18. The Balaban J connectivity index is 1.99. The summed E-state index contributed by atoms with van der Waals surface area (Å²) in [5.74, 6) is -0.0367. The Morgan fingerprint density at radius 2 is 2.31 bits per heavy atom. The van der Waals surface area contributed by atoms with E-state index in [1.54, 1.807) is 4.68 Å². The van der Waals surface area contributed by atoms with Crippen LogP contribution in [0.2, 0.25) is 0 Å². The molecule has 2 rings (SSSR count). The smallest absolute Gasteiger partial charge is 0.187 e. The molecule has 1 aliphatic heterocycles. The number of rotatable bonds is 5. The van der Waals surface area contributed by atoms with Crippen molar-refractivity contribution < 1.29 is 14.3 Å². The fraction of sp³-hybridized carbons (Fsp3) is 0.700. The normalized spacial score (nSPS) is 16.8. The van der Waals surface area contributed by atoms with Gasteiger partial charge in [-0.15, -0.1) is 5.10 Å². The molecule has 0 atom stereocenters. The monoisotopic (exact) mass is 225 g/mol. The molecule has 0 bridgehead atoms. The number of ether oxygens (including phenoxy) is 2. The largest absolute Gasteiger partial charge is 0.350 e. The molecule has 2 heterocycles. The molecule has 1 aromatic rings. The maximum absolute atomic E-state index is 11.9. The van der Waals surface area contributed by atoms with Crippen LogP contribution in [0.15, 0.2) is 6.20 Å². The van der Waals surface area contributed by atoms with Crippen molar-refractivity contribution in [3.63, 3.8) is 0 Å². The van der Waals surface area contributed by atoms with Crippen molar-refractivity contribution >= 4 is 5.78 Å². The Bertz CT molecular complexity index is 358. The third-order valence-electron chi connectivity index (χ3n) is 2.38. The van der Waals surface area contributed by atoms with E-state index in [1.165, 1.54) is 6.20 Å². The second-order valence-electron chi connectivity index (χ2n) is 3.64. The number of carbonyl (C=O) groups is 1. The first-order valence-corrected chi connectivity index (χ1v) is 5.46. The summed E-state index contributed by atoms with van der Waals surface area (Å²) in [5.41, 5.74) is 0.529. The SMILES string of the molecule is CCCn1nncc1C(=O)CC1OCCO1. The second-order valence-corrected chi connectivity index (χ2v) is 3.64. The lowest BCUT2D eigenvalue weighted by Gasteiger charge is -2.08. The van der Waals surface area contributed by atoms with Crippen molar-refractivity contribution in [3.8, 4) is 0 Å². The first kappa shape index (κ1) is 11.2. The zero-order valence-electron chi connectivity index (χ0n) is 9.26. The molecule has 0 N–H and O–H groups in total. The molecule has 1 fully saturated rings. The number of nitrogens with zero attached hydrogens (tertiary/aromatic N) is 3. The van der Waals surface area contributed by atoms with Crippen LogP contribution in [0.5, 0.6) is 0 Å². The Labute approximate surface area is 93.5 Å². The average molecular weight is 225 g/mol. The number of aryl methyl sites for hydroxylation is 1. The van der Waals surface area contributed by atoms with Crippen molar-refractivity contribution in [2.24, 2.45) is 0 Å². The van der Waals surface area contributed by atoms with Crippen molar-refractivity contribution in [3.05, 3.63) is 11.9 Å². The summed E-state index contributed by atoms with van der Waals surface area (Å²) < 4.78 is 12.1. The highest BCUT2D eigenvalue weighted by molar-refractivity contribution is 5.94. The van der Waals surface area contributed by atoms with Gasteiger partial charge in [-0.3, -0.25) is 4.79 Å². The van der Waals surface area contributed by atoms with Crippen LogP contribution in [-0.4, -0.2) is 40.3 Å². The number of Topliss-reactive ketones (excluding diaryl/α,β-unsaturated/α-hetero) is 1. The zero-order chi connectivity index (χ0) is 11.4. The molecule has 6 nitrogen and oxygen atoms in total. The highest BCUT2D eigenvalue weighted by Crippen LogP contribution is 2.12. The minimum atomic E-state index is -0.405.